The number of aromatic nitrogens is 4. The number of rotatable bonds is 4. The molecule has 0 fully saturated rings. The molecule has 0 bridgehead atoms. The normalized spacial score (nSPS) is 11.7. The second-order valence-corrected chi connectivity index (χ2v) is 6.88. The van der Waals surface area contributed by atoms with Crippen LogP contribution in [0.1, 0.15) is 28.3 Å². The number of hydrogen-bond donors (Lipinski definition) is 0. The fraction of sp³-hybridized carbons (Fsp3) is 0.174. The van der Waals surface area contributed by atoms with Gasteiger partial charge in [-0.05, 0) is 37.6 Å². The molecule has 2 aromatic heterocycles. The van der Waals surface area contributed by atoms with Gasteiger partial charge in [0, 0.05) is 18.3 Å². The molecule has 0 spiro atoms. The number of para-hydroxylation sites is 2. The number of hydrogen-bond acceptors (Lipinski definition) is 3. The third kappa shape index (κ3) is 3.10. The quantitative estimate of drug-likeness (QED) is 0.499. The maximum Gasteiger partial charge on any atom is 0.151 e. The standard InChI is InChI=1S/C23H21N5/c1-16-20(17(2)28(26-16)15-18-9-5-4-6-10-18)13-19(14-24)23-25-21-11-7-8-12-22(21)27(23)3/h4-13H,15H2,1-3H3. The third-order valence-corrected chi connectivity index (χ3v) is 5.05. The smallest absolute Gasteiger partial charge is 0.151 e. The van der Waals surface area contributed by atoms with Gasteiger partial charge in [0.05, 0.1) is 28.8 Å². The predicted octanol–water partition coefficient (Wildman–Crippen LogP) is 4.50. The van der Waals surface area contributed by atoms with Gasteiger partial charge >= 0.3 is 0 Å². The van der Waals surface area contributed by atoms with Crippen molar-refractivity contribution < 1.29 is 0 Å². The van der Waals surface area contributed by atoms with Crippen LogP contribution in [-0.4, -0.2) is 19.3 Å². The largest absolute Gasteiger partial charge is 0.327 e. The van der Waals surface area contributed by atoms with E-state index < -0.39 is 0 Å². The summed E-state index contributed by atoms with van der Waals surface area (Å²) in [5.74, 6) is 0.665. The van der Waals surface area contributed by atoms with Gasteiger partial charge in [0.2, 0.25) is 0 Å². The molecular weight excluding hydrogens is 346 g/mol. The minimum absolute atomic E-state index is 0.532. The van der Waals surface area contributed by atoms with Crippen LogP contribution in [0, 0.1) is 25.2 Å². The monoisotopic (exact) mass is 367 g/mol. The van der Waals surface area contributed by atoms with Crippen molar-refractivity contribution in [3.63, 3.8) is 0 Å². The average Bonchev–Trinajstić information content (AvgIpc) is 3.18. The van der Waals surface area contributed by atoms with Gasteiger partial charge in [0.1, 0.15) is 6.07 Å². The van der Waals surface area contributed by atoms with E-state index in [4.69, 9.17) is 0 Å². The van der Waals surface area contributed by atoms with Crippen molar-refractivity contribution in [3.05, 3.63) is 82.9 Å². The van der Waals surface area contributed by atoms with Crippen molar-refractivity contribution in [2.24, 2.45) is 7.05 Å². The van der Waals surface area contributed by atoms with Gasteiger partial charge in [0.15, 0.2) is 5.82 Å². The zero-order chi connectivity index (χ0) is 19.7. The minimum atomic E-state index is 0.532. The molecule has 4 aromatic rings. The Morgan fingerprint density at radius 2 is 1.79 bits per heavy atom. The number of allylic oxidation sites excluding steroid dienone is 1. The van der Waals surface area contributed by atoms with Gasteiger partial charge in [-0.15, -0.1) is 0 Å². The van der Waals surface area contributed by atoms with Crippen molar-refractivity contribution in [1.82, 2.24) is 19.3 Å². The van der Waals surface area contributed by atoms with Crippen LogP contribution in [-0.2, 0) is 13.6 Å². The summed E-state index contributed by atoms with van der Waals surface area (Å²) in [4.78, 5) is 4.66. The Bertz CT molecular complexity index is 1220. The first kappa shape index (κ1) is 17.7. The van der Waals surface area contributed by atoms with Crippen molar-refractivity contribution >= 4 is 22.7 Å². The summed E-state index contributed by atoms with van der Waals surface area (Å²) in [7, 11) is 1.94. The topological polar surface area (TPSA) is 59.4 Å². The Kier molecular flexibility index (Phi) is 4.54. The molecule has 0 atom stereocenters. The summed E-state index contributed by atoms with van der Waals surface area (Å²) in [5, 5.41) is 14.5. The summed E-state index contributed by atoms with van der Waals surface area (Å²) < 4.78 is 3.95. The molecule has 0 amide bonds. The SMILES string of the molecule is Cc1nn(Cc2ccccc2)c(C)c1C=C(C#N)c1nc2ccccc2n1C. The van der Waals surface area contributed by atoms with E-state index in [9.17, 15) is 5.26 Å². The lowest BCUT2D eigenvalue weighted by Gasteiger charge is -2.05. The molecule has 0 aliphatic heterocycles. The molecule has 0 saturated heterocycles. The van der Waals surface area contributed by atoms with E-state index in [-0.39, 0.29) is 0 Å². The van der Waals surface area contributed by atoms with E-state index >= 15 is 0 Å². The number of nitrogens with zero attached hydrogens (tertiary/aromatic N) is 5. The van der Waals surface area contributed by atoms with Gasteiger partial charge in [-0.1, -0.05) is 42.5 Å². The van der Waals surface area contributed by atoms with Crippen LogP contribution in [0.5, 0.6) is 0 Å². The molecule has 138 valence electrons. The Morgan fingerprint density at radius 3 is 2.50 bits per heavy atom. The third-order valence-electron chi connectivity index (χ3n) is 5.05. The fourth-order valence-electron chi connectivity index (χ4n) is 3.51. The Morgan fingerprint density at radius 1 is 1.07 bits per heavy atom. The van der Waals surface area contributed by atoms with E-state index in [1.54, 1.807) is 0 Å². The van der Waals surface area contributed by atoms with Crippen LogP contribution < -0.4 is 0 Å². The Hall–Kier alpha value is -3.65. The first-order chi connectivity index (χ1) is 13.6. The van der Waals surface area contributed by atoms with Crippen LogP contribution in [0.15, 0.2) is 54.6 Å². The lowest BCUT2D eigenvalue weighted by Crippen LogP contribution is -2.03. The van der Waals surface area contributed by atoms with Crippen LogP contribution in [0.2, 0.25) is 0 Å². The summed E-state index contributed by atoms with van der Waals surface area (Å²) in [5.41, 5.74) is 6.53. The molecule has 0 unspecified atom stereocenters. The molecule has 0 N–H and O–H groups in total. The molecule has 0 radical (unpaired) electrons. The molecule has 2 heterocycles. The van der Waals surface area contributed by atoms with Crippen molar-refractivity contribution in [1.29, 1.82) is 5.26 Å². The van der Waals surface area contributed by atoms with E-state index in [1.807, 2.05) is 78.7 Å². The predicted molar refractivity (Wildman–Crippen MR) is 111 cm³/mol. The second-order valence-electron chi connectivity index (χ2n) is 6.88. The maximum atomic E-state index is 9.82. The highest BCUT2D eigenvalue weighted by atomic mass is 15.3. The van der Waals surface area contributed by atoms with Crippen LogP contribution in [0.25, 0.3) is 22.7 Å². The zero-order valence-electron chi connectivity index (χ0n) is 16.2. The first-order valence-electron chi connectivity index (χ1n) is 9.20. The fourth-order valence-corrected chi connectivity index (χ4v) is 3.51. The number of imidazole rings is 1. The van der Waals surface area contributed by atoms with E-state index in [2.05, 4.69) is 28.3 Å². The summed E-state index contributed by atoms with van der Waals surface area (Å²) in [6.07, 6.45) is 1.90. The summed E-state index contributed by atoms with van der Waals surface area (Å²) >= 11 is 0. The highest BCUT2D eigenvalue weighted by Crippen LogP contribution is 2.24. The average molecular weight is 367 g/mol. The molecule has 5 heteroatoms. The van der Waals surface area contributed by atoms with Crippen LogP contribution in [0.3, 0.4) is 0 Å². The van der Waals surface area contributed by atoms with E-state index in [0.29, 0.717) is 17.9 Å². The molecule has 4 rings (SSSR count). The van der Waals surface area contributed by atoms with Gasteiger partial charge < -0.3 is 4.57 Å². The number of fused-ring (bicyclic) bond motifs is 1. The highest BCUT2D eigenvalue weighted by molar-refractivity contribution is 5.91. The molecule has 5 nitrogen and oxygen atoms in total. The summed E-state index contributed by atoms with van der Waals surface area (Å²) in [6.45, 7) is 4.72. The molecule has 0 aliphatic carbocycles. The van der Waals surface area contributed by atoms with Crippen LogP contribution in [0.4, 0.5) is 0 Å². The van der Waals surface area contributed by atoms with E-state index in [1.165, 1.54) is 5.56 Å². The molecule has 28 heavy (non-hydrogen) atoms. The molecular formula is C23H21N5. The van der Waals surface area contributed by atoms with E-state index in [0.717, 1.165) is 28.0 Å². The Labute approximate surface area is 164 Å². The number of benzene rings is 2. The maximum absolute atomic E-state index is 9.82. The van der Waals surface area contributed by atoms with Crippen LogP contribution >= 0.6 is 0 Å². The first-order valence-corrected chi connectivity index (χ1v) is 9.20. The van der Waals surface area contributed by atoms with Gasteiger partial charge in [-0.25, -0.2) is 4.98 Å². The second kappa shape index (κ2) is 7.16. The lowest BCUT2D eigenvalue weighted by atomic mass is 10.1. The minimum Gasteiger partial charge on any atom is -0.327 e. The Balaban J connectivity index is 1.76. The molecule has 2 aromatic carbocycles. The highest BCUT2D eigenvalue weighted by Gasteiger charge is 2.15. The lowest BCUT2D eigenvalue weighted by molar-refractivity contribution is 0.659. The van der Waals surface area contributed by atoms with Gasteiger partial charge in [-0.3, -0.25) is 4.68 Å². The van der Waals surface area contributed by atoms with Crippen molar-refractivity contribution in [3.8, 4) is 6.07 Å². The number of nitriles is 1. The zero-order valence-corrected chi connectivity index (χ0v) is 16.2. The van der Waals surface area contributed by atoms with Crippen molar-refractivity contribution in [2.75, 3.05) is 0 Å². The van der Waals surface area contributed by atoms with Crippen molar-refractivity contribution in [2.45, 2.75) is 20.4 Å². The molecule has 0 aliphatic rings. The van der Waals surface area contributed by atoms with Gasteiger partial charge in [0.25, 0.3) is 0 Å². The summed E-state index contributed by atoms with van der Waals surface area (Å²) in [6, 6.07) is 20.5. The molecule has 0 saturated carbocycles. The van der Waals surface area contributed by atoms with Gasteiger partial charge in [-0.2, -0.15) is 10.4 Å². The number of aryl methyl sites for hydroxylation is 2.